The number of carbonyl (C=O) groups is 2. The summed E-state index contributed by atoms with van der Waals surface area (Å²) in [5.41, 5.74) is -0.590. The maximum atomic E-state index is 13.3. The van der Waals surface area contributed by atoms with Gasteiger partial charge in [0, 0.05) is 13.6 Å². The number of amides is 2. The molecule has 2 amide bonds. The van der Waals surface area contributed by atoms with E-state index < -0.39 is 23.4 Å². The molecule has 0 atom stereocenters. The van der Waals surface area contributed by atoms with Crippen molar-refractivity contribution in [1.29, 1.82) is 0 Å². The Hall–Kier alpha value is -2.11. The molecule has 0 radical (unpaired) electrons. The van der Waals surface area contributed by atoms with Crippen molar-refractivity contribution in [3.05, 3.63) is 29.6 Å². The topological polar surface area (TPSA) is 69.6 Å². The maximum Gasteiger partial charge on any atom is 0.340 e. The molecule has 5 nitrogen and oxygen atoms in total. The molecule has 17 heavy (non-hydrogen) atoms. The molecular formula is C11H13FN2O3. The minimum absolute atomic E-state index is 0.0530. The summed E-state index contributed by atoms with van der Waals surface area (Å²) in [6.07, 6.45) is 0. The summed E-state index contributed by atoms with van der Waals surface area (Å²) in [5.74, 6) is -2.30. The summed E-state index contributed by atoms with van der Waals surface area (Å²) >= 11 is 0. The number of rotatable bonds is 3. The van der Waals surface area contributed by atoms with Crippen LogP contribution in [0.15, 0.2) is 18.2 Å². The highest BCUT2D eigenvalue weighted by Gasteiger charge is 2.18. The van der Waals surface area contributed by atoms with Gasteiger partial charge >= 0.3 is 12.0 Å². The Morgan fingerprint density at radius 2 is 2.12 bits per heavy atom. The number of carbonyl (C=O) groups excluding carboxylic acids is 1. The second-order valence-electron chi connectivity index (χ2n) is 3.41. The first-order valence-electron chi connectivity index (χ1n) is 5.01. The van der Waals surface area contributed by atoms with E-state index in [0.717, 1.165) is 6.07 Å². The van der Waals surface area contributed by atoms with Gasteiger partial charge in [-0.2, -0.15) is 0 Å². The van der Waals surface area contributed by atoms with Crippen LogP contribution < -0.4 is 5.32 Å². The van der Waals surface area contributed by atoms with Crippen LogP contribution in [0.3, 0.4) is 0 Å². The number of benzene rings is 1. The summed E-state index contributed by atoms with van der Waals surface area (Å²) in [4.78, 5) is 23.7. The molecule has 0 unspecified atom stereocenters. The molecule has 0 bridgehead atoms. The van der Waals surface area contributed by atoms with Gasteiger partial charge in [0.2, 0.25) is 0 Å². The van der Waals surface area contributed by atoms with E-state index in [9.17, 15) is 14.0 Å². The maximum absolute atomic E-state index is 13.3. The van der Waals surface area contributed by atoms with Crippen LogP contribution in [0, 0.1) is 5.82 Å². The summed E-state index contributed by atoms with van der Waals surface area (Å²) in [6, 6.07) is 3.22. The number of halogens is 1. The number of anilines is 1. The highest BCUT2D eigenvalue weighted by atomic mass is 19.1. The summed E-state index contributed by atoms with van der Waals surface area (Å²) < 4.78 is 13.3. The molecule has 0 aliphatic heterocycles. The molecule has 0 fully saturated rings. The molecule has 0 heterocycles. The van der Waals surface area contributed by atoms with Crippen LogP contribution in [-0.2, 0) is 0 Å². The summed E-state index contributed by atoms with van der Waals surface area (Å²) in [5, 5.41) is 11.2. The van der Waals surface area contributed by atoms with Gasteiger partial charge in [0.25, 0.3) is 0 Å². The van der Waals surface area contributed by atoms with E-state index in [0.29, 0.717) is 6.54 Å². The fourth-order valence-electron chi connectivity index (χ4n) is 1.20. The van der Waals surface area contributed by atoms with Crippen molar-refractivity contribution in [1.82, 2.24) is 4.90 Å². The first-order chi connectivity index (χ1) is 7.97. The number of carboxylic acid groups (broad SMARTS) is 1. The van der Waals surface area contributed by atoms with Gasteiger partial charge in [-0.3, -0.25) is 0 Å². The molecule has 0 saturated heterocycles. The van der Waals surface area contributed by atoms with Crippen molar-refractivity contribution in [2.45, 2.75) is 6.92 Å². The van der Waals surface area contributed by atoms with Gasteiger partial charge in [-0.15, -0.1) is 0 Å². The predicted molar refractivity (Wildman–Crippen MR) is 60.7 cm³/mol. The van der Waals surface area contributed by atoms with E-state index in [2.05, 4.69) is 5.32 Å². The third-order valence-corrected chi connectivity index (χ3v) is 2.29. The van der Waals surface area contributed by atoms with Crippen LogP contribution in [0.2, 0.25) is 0 Å². The quantitative estimate of drug-likeness (QED) is 0.849. The lowest BCUT2D eigenvalue weighted by Crippen LogP contribution is -2.31. The average molecular weight is 240 g/mol. The van der Waals surface area contributed by atoms with Crippen molar-refractivity contribution in [3.8, 4) is 0 Å². The Balaban J connectivity index is 3.03. The molecular weight excluding hydrogens is 227 g/mol. The van der Waals surface area contributed by atoms with Crippen LogP contribution >= 0.6 is 0 Å². The van der Waals surface area contributed by atoms with E-state index in [4.69, 9.17) is 5.11 Å². The summed E-state index contributed by atoms with van der Waals surface area (Å²) in [7, 11) is 1.55. The molecule has 1 aromatic rings. The molecule has 1 rings (SSSR count). The van der Waals surface area contributed by atoms with Gasteiger partial charge in [-0.1, -0.05) is 6.07 Å². The Morgan fingerprint density at radius 1 is 1.47 bits per heavy atom. The molecule has 0 saturated carbocycles. The molecule has 0 aromatic heterocycles. The standard InChI is InChI=1S/C11H13FN2O3/c1-3-14(2)11(17)13-8-6-4-5-7(12)9(8)10(15)16/h4-6H,3H2,1-2H3,(H,13,17)(H,15,16). The number of carboxylic acids is 1. The second kappa shape index (κ2) is 5.29. The monoisotopic (exact) mass is 240 g/mol. The number of hydrogen-bond acceptors (Lipinski definition) is 2. The number of nitrogens with one attached hydrogen (secondary N) is 1. The second-order valence-corrected chi connectivity index (χ2v) is 3.41. The van der Waals surface area contributed by atoms with Crippen LogP contribution in [-0.4, -0.2) is 35.6 Å². The van der Waals surface area contributed by atoms with Crippen LogP contribution in [0.1, 0.15) is 17.3 Å². The Morgan fingerprint density at radius 3 is 2.65 bits per heavy atom. The van der Waals surface area contributed by atoms with Gasteiger partial charge in [0.05, 0.1) is 5.69 Å². The minimum atomic E-state index is -1.42. The number of hydrogen-bond donors (Lipinski definition) is 2. The molecule has 92 valence electrons. The van der Waals surface area contributed by atoms with Crippen LogP contribution in [0.4, 0.5) is 14.9 Å². The van der Waals surface area contributed by atoms with Crippen LogP contribution in [0.5, 0.6) is 0 Å². The van der Waals surface area contributed by atoms with E-state index >= 15 is 0 Å². The van der Waals surface area contributed by atoms with Gasteiger partial charge < -0.3 is 15.3 Å². The van der Waals surface area contributed by atoms with Gasteiger partial charge in [0.1, 0.15) is 11.4 Å². The van der Waals surface area contributed by atoms with Gasteiger partial charge in [0.15, 0.2) is 0 Å². The van der Waals surface area contributed by atoms with Gasteiger partial charge in [-0.25, -0.2) is 14.0 Å². The number of nitrogens with zero attached hydrogens (tertiary/aromatic N) is 1. The van der Waals surface area contributed by atoms with Gasteiger partial charge in [-0.05, 0) is 19.1 Å². The van der Waals surface area contributed by atoms with Crippen LogP contribution in [0.25, 0.3) is 0 Å². The highest BCUT2D eigenvalue weighted by Crippen LogP contribution is 2.19. The van der Waals surface area contributed by atoms with Crippen molar-refractivity contribution in [2.24, 2.45) is 0 Å². The Labute approximate surface area is 97.8 Å². The van der Waals surface area contributed by atoms with E-state index in [-0.39, 0.29) is 5.69 Å². The molecule has 2 N–H and O–H groups in total. The predicted octanol–water partition coefficient (Wildman–Crippen LogP) is 2.01. The fraction of sp³-hybridized carbons (Fsp3) is 0.273. The first kappa shape index (κ1) is 13.0. The molecule has 6 heteroatoms. The first-order valence-corrected chi connectivity index (χ1v) is 5.01. The lowest BCUT2D eigenvalue weighted by Gasteiger charge is -2.16. The SMILES string of the molecule is CCN(C)C(=O)Nc1cccc(F)c1C(=O)O. The zero-order valence-electron chi connectivity index (χ0n) is 9.53. The summed E-state index contributed by atoms with van der Waals surface area (Å²) in [6.45, 7) is 2.23. The third-order valence-electron chi connectivity index (χ3n) is 2.29. The number of urea groups is 1. The van der Waals surface area contributed by atoms with Crippen molar-refractivity contribution in [2.75, 3.05) is 18.9 Å². The lowest BCUT2D eigenvalue weighted by atomic mass is 10.1. The van der Waals surface area contributed by atoms with E-state index in [1.807, 2.05) is 0 Å². The largest absolute Gasteiger partial charge is 0.478 e. The van der Waals surface area contributed by atoms with Crippen molar-refractivity contribution < 1.29 is 19.1 Å². The minimum Gasteiger partial charge on any atom is -0.478 e. The number of aromatic carboxylic acids is 1. The molecule has 0 aliphatic carbocycles. The average Bonchev–Trinajstić information content (AvgIpc) is 2.27. The normalized spacial score (nSPS) is 9.82. The van der Waals surface area contributed by atoms with E-state index in [1.165, 1.54) is 17.0 Å². The Kier molecular flexibility index (Phi) is 4.03. The van der Waals surface area contributed by atoms with Crippen molar-refractivity contribution >= 4 is 17.7 Å². The zero-order valence-corrected chi connectivity index (χ0v) is 9.53. The third kappa shape index (κ3) is 2.93. The molecule has 0 aliphatic rings. The highest BCUT2D eigenvalue weighted by molar-refractivity contribution is 6.00. The smallest absolute Gasteiger partial charge is 0.340 e. The lowest BCUT2D eigenvalue weighted by molar-refractivity contribution is 0.0693. The molecule has 1 aromatic carbocycles. The van der Waals surface area contributed by atoms with E-state index in [1.54, 1.807) is 14.0 Å². The zero-order chi connectivity index (χ0) is 13.0. The van der Waals surface area contributed by atoms with Crippen molar-refractivity contribution in [3.63, 3.8) is 0 Å². The Bertz CT molecular complexity index is 448. The molecule has 0 spiro atoms. The fourth-order valence-corrected chi connectivity index (χ4v) is 1.20.